The molecular formula is C15H18BrNO5. The second kappa shape index (κ2) is 7.60. The second-order valence-electron chi connectivity index (χ2n) is 4.64. The van der Waals surface area contributed by atoms with E-state index < -0.39 is 12.1 Å². The number of halogens is 1. The summed E-state index contributed by atoms with van der Waals surface area (Å²) in [6, 6.07) is 5.45. The third-order valence-electron chi connectivity index (χ3n) is 3.12. The molecule has 0 aliphatic carbocycles. The number of nitrogens with zero attached hydrogens (tertiary/aromatic N) is 1. The molecule has 1 heterocycles. The fourth-order valence-corrected chi connectivity index (χ4v) is 2.43. The van der Waals surface area contributed by atoms with Crippen LogP contribution in [-0.2, 0) is 19.1 Å². The zero-order chi connectivity index (χ0) is 16.1. The fraction of sp³-hybridized carbons (Fsp3) is 0.467. The third-order valence-corrected chi connectivity index (χ3v) is 3.61. The van der Waals surface area contributed by atoms with Crippen LogP contribution in [0.3, 0.4) is 0 Å². The van der Waals surface area contributed by atoms with Gasteiger partial charge in [-0.05, 0) is 32.0 Å². The zero-order valence-corrected chi connectivity index (χ0v) is 14.3. The number of hydrogen-bond acceptors (Lipinski definition) is 6. The molecule has 1 aliphatic heterocycles. The normalized spacial score (nSPS) is 18.4. The van der Waals surface area contributed by atoms with Crippen LogP contribution in [0.1, 0.15) is 19.4 Å². The molecule has 0 radical (unpaired) electrons. The molecule has 22 heavy (non-hydrogen) atoms. The lowest BCUT2D eigenvalue weighted by Crippen LogP contribution is -2.28. The van der Waals surface area contributed by atoms with Crippen molar-refractivity contribution in [1.29, 1.82) is 0 Å². The summed E-state index contributed by atoms with van der Waals surface area (Å²) >= 11 is 3.43. The average Bonchev–Trinajstić information content (AvgIpc) is 2.96. The van der Waals surface area contributed by atoms with E-state index in [2.05, 4.69) is 25.8 Å². The van der Waals surface area contributed by atoms with Crippen molar-refractivity contribution >= 4 is 27.6 Å². The SMILES string of the molecule is CCO[C@@H]1CON=C1c1cc(Br)ccc1O[C@@H](C)C(=O)OC. The Labute approximate surface area is 137 Å². The van der Waals surface area contributed by atoms with E-state index in [-0.39, 0.29) is 6.10 Å². The number of carbonyl (C=O) groups is 1. The van der Waals surface area contributed by atoms with Crippen molar-refractivity contribution in [3.8, 4) is 5.75 Å². The number of hydrogen-bond donors (Lipinski definition) is 0. The van der Waals surface area contributed by atoms with E-state index in [0.29, 0.717) is 24.7 Å². The van der Waals surface area contributed by atoms with Crippen LogP contribution < -0.4 is 4.74 Å². The maximum atomic E-state index is 11.5. The molecule has 0 saturated carbocycles. The molecule has 0 N–H and O–H groups in total. The highest BCUT2D eigenvalue weighted by Gasteiger charge is 2.29. The third kappa shape index (κ3) is 3.78. The highest BCUT2D eigenvalue weighted by Crippen LogP contribution is 2.28. The van der Waals surface area contributed by atoms with Gasteiger partial charge in [-0.1, -0.05) is 21.1 Å². The first-order chi connectivity index (χ1) is 10.6. The average molecular weight is 372 g/mol. The van der Waals surface area contributed by atoms with Crippen LogP contribution in [0.15, 0.2) is 27.8 Å². The van der Waals surface area contributed by atoms with E-state index in [1.807, 2.05) is 19.1 Å². The highest BCUT2D eigenvalue weighted by atomic mass is 79.9. The van der Waals surface area contributed by atoms with Crippen LogP contribution in [-0.4, -0.2) is 44.2 Å². The molecule has 0 aromatic heterocycles. The van der Waals surface area contributed by atoms with Crippen molar-refractivity contribution in [3.05, 3.63) is 28.2 Å². The van der Waals surface area contributed by atoms with Crippen LogP contribution in [0, 0.1) is 0 Å². The minimum absolute atomic E-state index is 0.255. The van der Waals surface area contributed by atoms with Gasteiger partial charge in [0, 0.05) is 16.6 Å². The number of oxime groups is 1. The maximum Gasteiger partial charge on any atom is 0.346 e. The first-order valence-corrected chi connectivity index (χ1v) is 7.72. The number of rotatable bonds is 6. The van der Waals surface area contributed by atoms with Gasteiger partial charge >= 0.3 is 5.97 Å². The highest BCUT2D eigenvalue weighted by molar-refractivity contribution is 9.10. The molecule has 2 atom stereocenters. The van der Waals surface area contributed by atoms with Crippen molar-refractivity contribution < 1.29 is 23.8 Å². The van der Waals surface area contributed by atoms with E-state index in [4.69, 9.17) is 14.3 Å². The zero-order valence-electron chi connectivity index (χ0n) is 12.7. The Kier molecular flexibility index (Phi) is 5.79. The fourth-order valence-electron chi connectivity index (χ4n) is 2.07. The van der Waals surface area contributed by atoms with Gasteiger partial charge < -0.3 is 19.0 Å². The van der Waals surface area contributed by atoms with Gasteiger partial charge in [-0.25, -0.2) is 4.79 Å². The first-order valence-electron chi connectivity index (χ1n) is 6.92. The molecule has 0 amide bonds. The van der Waals surface area contributed by atoms with Crippen molar-refractivity contribution in [2.45, 2.75) is 26.1 Å². The van der Waals surface area contributed by atoms with Gasteiger partial charge in [0.15, 0.2) is 6.10 Å². The van der Waals surface area contributed by atoms with Gasteiger partial charge in [0.05, 0.1) is 7.11 Å². The molecule has 0 spiro atoms. The van der Waals surface area contributed by atoms with Crippen molar-refractivity contribution in [2.75, 3.05) is 20.3 Å². The summed E-state index contributed by atoms with van der Waals surface area (Å²) in [5.41, 5.74) is 1.37. The van der Waals surface area contributed by atoms with E-state index in [1.165, 1.54) is 7.11 Å². The van der Waals surface area contributed by atoms with Crippen molar-refractivity contribution in [1.82, 2.24) is 0 Å². The summed E-state index contributed by atoms with van der Waals surface area (Å²) in [6.45, 7) is 4.45. The summed E-state index contributed by atoms with van der Waals surface area (Å²) in [5, 5.41) is 4.05. The molecule has 0 unspecified atom stereocenters. The molecule has 2 rings (SSSR count). The van der Waals surface area contributed by atoms with Gasteiger partial charge in [-0.3, -0.25) is 0 Å². The molecule has 0 bridgehead atoms. The molecular weight excluding hydrogens is 354 g/mol. The molecule has 120 valence electrons. The number of methoxy groups -OCH3 is 1. The Morgan fingerprint density at radius 2 is 2.32 bits per heavy atom. The van der Waals surface area contributed by atoms with Gasteiger partial charge in [0.25, 0.3) is 0 Å². The number of esters is 1. The molecule has 6 nitrogen and oxygen atoms in total. The lowest BCUT2D eigenvalue weighted by atomic mass is 10.0. The second-order valence-corrected chi connectivity index (χ2v) is 5.56. The molecule has 7 heteroatoms. The van der Waals surface area contributed by atoms with Crippen LogP contribution in [0.2, 0.25) is 0 Å². The Balaban J connectivity index is 2.30. The van der Waals surface area contributed by atoms with Gasteiger partial charge in [0.1, 0.15) is 24.2 Å². The lowest BCUT2D eigenvalue weighted by molar-refractivity contribution is -0.147. The summed E-state index contributed by atoms with van der Waals surface area (Å²) in [6.07, 6.45) is -0.978. The first kappa shape index (κ1) is 16.8. The molecule has 1 aromatic carbocycles. The van der Waals surface area contributed by atoms with Gasteiger partial charge in [-0.15, -0.1) is 0 Å². The summed E-state index contributed by atoms with van der Waals surface area (Å²) < 4.78 is 16.9. The van der Waals surface area contributed by atoms with Gasteiger partial charge in [-0.2, -0.15) is 0 Å². The smallest absolute Gasteiger partial charge is 0.346 e. The van der Waals surface area contributed by atoms with E-state index in [1.54, 1.807) is 13.0 Å². The Bertz CT molecular complexity index is 575. The topological polar surface area (TPSA) is 66.3 Å². The number of carbonyl (C=O) groups excluding carboxylic acids is 1. The predicted octanol–water partition coefficient (Wildman–Crippen LogP) is 2.53. The number of ether oxygens (including phenoxy) is 3. The Hall–Kier alpha value is -1.60. The largest absolute Gasteiger partial charge is 0.478 e. The monoisotopic (exact) mass is 371 g/mol. The van der Waals surface area contributed by atoms with Crippen LogP contribution in [0.4, 0.5) is 0 Å². The van der Waals surface area contributed by atoms with Crippen LogP contribution in [0.5, 0.6) is 5.75 Å². The predicted molar refractivity (Wildman–Crippen MR) is 84.2 cm³/mol. The molecule has 1 aliphatic rings. The van der Waals surface area contributed by atoms with Gasteiger partial charge in [0.2, 0.25) is 0 Å². The molecule has 0 fully saturated rings. The quantitative estimate of drug-likeness (QED) is 0.718. The Morgan fingerprint density at radius 1 is 1.55 bits per heavy atom. The van der Waals surface area contributed by atoms with Crippen LogP contribution in [0.25, 0.3) is 0 Å². The standard InChI is InChI=1S/C15H18BrNO5/c1-4-20-13-8-21-17-14(13)11-7-10(16)5-6-12(11)22-9(2)15(18)19-3/h5-7,9,13H,4,8H2,1-3H3/t9-,13+/m0/s1. The van der Waals surface area contributed by atoms with E-state index >= 15 is 0 Å². The molecule has 0 saturated heterocycles. The van der Waals surface area contributed by atoms with Crippen molar-refractivity contribution in [2.24, 2.45) is 5.16 Å². The molecule has 1 aromatic rings. The summed E-state index contributed by atoms with van der Waals surface area (Å²) in [4.78, 5) is 16.7. The minimum atomic E-state index is -0.724. The minimum Gasteiger partial charge on any atom is -0.478 e. The van der Waals surface area contributed by atoms with E-state index in [0.717, 1.165) is 10.0 Å². The summed E-state index contributed by atoms with van der Waals surface area (Å²) in [7, 11) is 1.32. The van der Waals surface area contributed by atoms with Crippen molar-refractivity contribution in [3.63, 3.8) is 0 Å². The lowest BCUT2D eigenvalue weighted by Gasteiger charge is -2.17. The van der Waals surface area contributed by atoms with E-state index in [9.17, 15) is 4.79 Å². The number of benzene rings is 1. The maximum absolute atomic E-state index is 11.5. The van der Waals surface area contributed by atoms with Crippen LogP contribution >= 0.6 is 15.9 Å². The summed E-state index contributed by atoms with van der Waals surface area (Å²) in [5.74, 6) is 0.0786. The Morgan fingerprint density at radius 3 is 3.00 bits per heavy atom.